The highest BCUT2D eigenvalue weighted by Crippen LogP contribution is 2.10. The third-order valence-corrected chi connectivity index (χ3v) is 3.38. The molecule has 0 amide bonds. The second-order valence-corrected chi connectivity index (χ2v) is 5.06. The van der Waals surface area contributed by atoms with Crippen molar-refractivity contribution in [3.05, 3.63) is 71.1 Å². The molecular weight excluding hydrogens is 249 g/mol. The molecule has 0 fully saturated rings. The van der Waals surface area contributed by atoms with Gasteiger partial charge in [0.25, 0.3) is 0 Å². The van der Waals surface area contributed by atoms with Crippen molar-refractivity contribution in [2.45, 2.75) is 5.75 Å². The standard InChI is InChI=1S/C14H12FNOS/c15-14-5-3-13(4-6-14)11-18(17)9-7-12-2-1-8-16-10-12/h1-10H,11H2. The number of pyridine rings is 1. The van der Waals surface area contributed by atoms with Crippen LogP contribution >= 0.6 is 0 Å². The highest BCUT2D eigenvalue weighted by Gasteiger charge is 2.04. The molecule has 0 bridgehead atoms. The number of benzene rings is 1. The Morgan fingerprint density at radius 2 is 2.00 bits per heavy atom. The smallest absolute Gasteiger partial charge is 0.135 e. The average Bonchev–Trinajstić information content (AvgIpc) is 2.40. The summed E-state index contributed by atoms with van der Waals surface area (Å²) in [7, 11) is 0. The summed E-state index contributed by atoms with van der Waals surface area (Å²) in [6.07, 6.45) is 5.16. The van der Waals surface area contributed by atoms with Gasteiger partial charge in [0.2, 0.25) is 0 Å². The number of aromatic nitrogens is 1. The van der Waals surface area contributed by atoms with Gasteiger partial charge in [0, 0.05) is 18.0 Å². The third-order valence-electron chi connectivity index (χ3n) is 2.32. The van der Waals surface area contributed by atoms with Crippen molar-refractivity contribution in [3.8, 4) is 0 Å². The minimum atomic E-state index is -1.11. The molecule has 0 N–H and O–H groups in total. The van der Waals surface area contributed by atoms with Gasteiger partial charge in [-0.1, -0.05) is 18.2 Å². The van der Waals surface area contributed by atoms with Crippen molar-refractivity contribution >= 4 is 17.3 Å². The van der Waals surface area contributed by atoms with Crippen LogP contribution in [0.3, 0.4) is 0 Å². The quantitative estimate of drug-likeness (QED) is 0.793. The fourth-order valence-electron chi connectivity index (χ4n) is 1.42. The Kier molecular flexibility index (Phi) is 4.50. The Labute approximate surface area is 108 Å². The zero-order valence-corrected chi connectivity index (χ0v) is 10.4. The van der Waals surface area contributed by atoms with Crippen LogP contribution in [0.2, 0.25) is 0 Å². The second kappa shape index (κ2) is 6.33. The molecule has 0 aliphatic heterocycles. The van der Waals surface area contributed by atoms with E-state index in [1.165, 1.54) is 12.1 Å². The van der Waals surface area contributed by atoms with Crippen molar-refractivity contribution in [1.82, 2.24) is 4.98 Å². The molecule has 4 heteroatoms. The molecule has 1 unspecified atom stereocenters. The van der Waals surface area contributed by atoms with Crippen LogP contribution in [-0.4, -0.2) is 9.54 Å². The first kappa shape index (κ1) is 12.8. The van der Waals surface area contributed by atoms with E-state index < -0.39 is 11.2 Å². The molecule has 0 saturated heterocycles. The molecule has 0 aliphatic carbocycles. The summed E-state index contributed by atoms with van der Waals surface area (Å²) in [6, 6.07) is 9.74. The van der Waals surface area contributed by atoms with Crippen LogP contribution in [0.1, 0.15) is 11.1 Å². The van der Waals surface area contributed by atoms with E-state index in [0.717, 1.165) is 11.1 Å². The predicted octanol–water partition coefficient (Wildman–Crippen LogP) is 3.14. The van der Waals surface area contributed by atoms with Gasteiger partial charge < -0.3 is 4.55 Å². The fourth-order valence-corrected chi connectivity index (χ4v) is 2.35. The van der Waals surface area contributed by atoms with Gasteiger partial charge in [-0.25, -0.2) is 4.39 Å². The lowest BCUT2D eigenvalue weighted by Gasteiger charge is -2.05. The SMILES string of the molecule is [O-][S+](C=Cc1cccnc1)Cc1ccc(F)cc1. The van der Waals surface area contributed by atoms with E-state index in [-0.39, 0.29) is 5.82 Å². The minimum Gasteiger partial charge on any atom is -0.612 e. The highest BCUT2D eigenvalue weighted by atomic mass is 32.2. The lowest BCUT2D eigenvalue weighted by Crippen LogP contribution is -1.99. The molecule has 92 valence electrons. The maximum absolute atomic E-state index is 12.7. The number of hydrogen-bond donors (Lipinski definition) is 0. The highest BCUT2D eigenvalue weighted by molar-refractivity contribution is 7.93. The van der Waals surface area contributed by atoms with E-state index in [1.807, 2.05) is 12.1 Å². The van der Waals surface area contributed by atoms with Gasteiger partial charge in [-0.15, -0.1) is 0 Å². The molecule has 0 spiro atoms. The van der Waals surface area contributed by atoms with E-state index in [0.29, 0.717) is 5.75 Å². The van der Waals surface area contributed by atoms with Crippen LogP contribution in [0.15, 0.2) is 54.2 Å². The van der Waals surface area contributed by atoms with Gasteiger partial charge >= 0.3 is 0 Å². The molecular formula is C14H12FNOS. The number of rotatable bonds is 4. The molecule has 2 rings (SSSR count). The van der Waals surface area contributed by atoms with Crippen molar-refractivity contribution < 1.29 is 8.94 Å². The minimum absolute atomic E-state index is 0.282. The summed E-state index contributed by atoms with van der Waals surface area (Å²) < 4.78 is 24.5. The van der Waals surface area contributed by atoms with Crippen molar-refractivity contribution in [2.75, 3.05) is 0 Å². The topological polar surface area (TPSA) is 36.0 Å². The van der Waals surface area contributed by atoms with E-state index in [4.69, 9.17) is 0 Å². The van der Waals surface area contributed by atoms with E-state index in [1.54, 1.807) is 36.0 Å². The first-order valence-corrected chi connectivity index (χ1v) is 6.82. The van der Waals surface area contributed by atoms with Gasteiger partial charge in [-0.2, -0.15) is 0 Å². The largest absolute Gasteiger partial charge is 0.612 e. The van der Waals surface area contributed by atoms with Crippen LogP contribution in [0.5, 0.6) is 0 Å². The molecule has 0 radical (unpaired) electrons. The average molecular weight is 261 g/mol. The first-order valence-electron chi connectivity index (χ1n) is 5.44. The number of nitrogens with zero attached hydrogens (tertiary/aromatic N) is 1. The molecule has 2 aromatic rings. The summed E-state index contributed by atoms with van der Waals surface area (Å²) in [5.74, 6) is 0.104. The Morgan fingerprint density at radius 3 is 2.67 bits per heavy atom. The molecule has 1 aromatic carbocycles. The lowest BCUT2D eigenvalue weighted by molar-refractivity contribution is 0.602. The maximum atomic E-state index is 12.7. The monoisotopic (exact) mass is 261 g/mol. The molecule has 2 nitrogen and oxygen atoms in total. The molecule has 18 heavy (non-hydrogen) atoms. The van der Waals surface area contributed by atoms with Crippen LogP contribution in [-0.2, 0) is 16.9 Å². The number of halogens is 1. The Balaban J connectivity index is 1.94. The second-order valence-electron chi connectivity index (χ2n) is 3.74. The molecule has 1 aromatic heterocycles. The Hall–Kier alpha value is -1.65. The van der Waals surface area contributed by atoms with Gasteiger partial charge in [0.05, 0.1) is 0 Å². The van der Waals surface area contributed by atoms with Crippen molar-refractivity contribution in [3.63, 3.8) is 0 Å². The predicted molar refractivity (Wildman–Crippen MR) is 71.5 cm³/mol. The van der Waals surface area contributed by atoms with Crippen LogP contribution in [0.25, 0.3) is 6.08 Å². The van der Waals surface area contributed by atoms with Gasteiger partial charge in [0.15, 0.2) is 0 Å². The maximum Gasteiger partial charge on any atom is 0.135 e. The molecule has 0 saturated carbocycles. The first-order chi connectivity index (χ1) is 8.74. The van der Waals surface area contributed by atoms with Gasteiger partial charge in [0.1, 0.15) is 17.0 Å². The molecule has 1 atom stereocenters. The summed E-state index contributed by atoms with van der Waals surface area (Å²) >= 11 is -1.11. The van der Waals surface area contributed by atoms with Crippen LogP contribution in [0, 0.1) is 5.82 Å². The van der Waals surface area contributed by atoms with Crippen LogP contribution in [0.4, 0.5) is 4.39 Å². The summed E-state index contributed by atoms with van der Waals surface area (Å²) in [5.41, 5.74) is 1.76. The fraction of sp³-hybridized carbons (Fsp3) is 0.0714. The number of hydrogen-bond acceptors (Lipinski definition) is 2. The van der Waals surface area contributed by atoms with Crippen LogP contribution < -0.4 is 0 Å². The summed E-state index contributed by atoms with van der Waals surface area (Å²) in [4.78, 5) is 3.96. The Morgan fingerprint density at radius 1 is 1.22 bits per heavy atom. The molecule has 1 heterocycles. The van der Waals surface area contributed by atoms with Gasteiger partial charge in [-0.05, 0) is 41.0 Å². The van der Waals surface area contributed by atoms with Crippen molar-refractivity contribution in [2.24, 2.45) is 0 Å². The Bertz CT molecular complexity index is 513. The van der Waals surface area contributed by atoms with Crippen molar-refractivity contribution in [1.29, 1.82) is 0 Å². The van der Waals surface area contributed by atoms with E-state index in [9.17, 15) is 8.94 Å². The van der Waals surface area contributed by atoms with Gasteiger partial charge in [-0.3, -0.25) is 4.98 Å². The zero-order chi connectivity index (χ0) is 12.8. The lowest BCUT2D eigenvalue weighted by atomic mass is 10.2. The summed E-state index contributed by atoms with van der Waals surface area (Å²) in [5, 5.41) is 1.63. The normalized spacial score (nSPS) is 12.8. The summed E-state index contributed by atoms with van der Waals surface area (Å²) in [6.45, 7) is 0. The van der Waals surface area contributed by atoms with E-state index in [2.05, 4.69) is 4.98 Å². The zero-order valence-electron chi connectivity index (χ0n) is 9.62. The van der Waals surface area contributed by atoms with E-state index >= 15 is 0 Å². The molecule has 0 aliphatic rings. The third kappa shape index (κ3) is 3.98.